The summed E-state index contributed by atoms with van der Waals surface area (Å²) < 4.78 is 40.0. The summed E-state index contributed by atoms with van der Waals surface area (Å²) >= 11 is 6.28. The lowest BCUT2D eigenvalue weighted by Crippen LogP contribution is -2.17. The van der Waals surface area contributed by atoms with Crippen LogP contribution in [0.5, 0.6) is 0 Å². The lowest BCUT2D eigenvalue weighted by Gasteiger charge is -2.09. The summed E-state index contributed by atoms with van der Waals surface area (Å²) in [5.74, 6) is -0.458. The van der Waals surface area contributed by atoms with Crippen LogP contribution >= 0.6 is 11.6 Å². The molecule has 1 amide bonds. The van der Waals surface area contributed by atoms with E-state index in [9.17, 15) is 18.0 Å². The second-order valence-corrected chi connectivity index (χ2v) is 6.43. The Bertz CT molecular complexity index is 1070. The molecule has 3 N–H and O–H groups in total. The highest BCUT2D eigenvalue weighted by Gasteiger charge is 2.30. The Morgan fingerprint density at radius 3 is 2.59 bits per heavy atom. The SMILES string of the molecule is Cc1nn(-c2cccc(C(F)(F)F)c2)c(Cl)c1C=NNC(=O)c1ccc(N)cc1. The number of alkyl halides is 3. The van der Waals surface area contributed by atoms with Crippen LogP contribution in [0.3, 0.4) is 0 Å². The predicted molar refractivity (Wildman–Crippen MR) is 104 cm³/mol. The van der Waals surface area contributed by atoms with E-state index in [1.54, 1.807) is 31.2 Å². The fraction of sp³-hybridized carbons (Fsp3) is 0.105. The molecule has 0 aliphatic rings. The number of halogens is 4. The minimum absolute atomic E-state index is 0.0623. The molecule has 29 heavy (non-hydrogen) atoms. The van der Waals surface area contributed by atoms with Crippen LogP contribution in [0.2, 0.25) is 5.15 Å². The maximum absolute atomic E-state index is 12.9. The summed E-state index contributed by atoms with van der Waals surface area (Å²) in [6.45, 7) is 1.62. The minimum Gasteiger partial charge on any atom is -0.399 e. The van der Waals surface area contributed by atoms with Crippen molar-refractivity contribution >= 4 is 29.4 Å². The Balaban J connectivity index is 1.82. The molecule has 0 aliphatic heterocycles. The molecule has 0 fully saturated rings. The first-order chi connectivity index (χ1) is 13.7. The number of aromatic nitrogens is 2. The zero-order chi connectivity index (χ0) is 21.2. The molecule has 0 saturated carbocycles. The molecule has 1 heterocycles. The molecule has 3 aromatic rings. The fourth-order valence-corrected chi connectivity index (χ4v) is 2.82. The van der Waals surface area contributed by atoms with Gasteiger partial charge in [0.1, 0.15) is 5.15 Å². The van der Waals surface area contributed by atoms with Gasteiger partial charge in [-0.2, -0.15) is 23.4 Å². The van der Waals surface area contributed by atoms with Gasteiger partial charge in [-0.3, -0.25) is 4.79 Å². The number of anilines is 1. The van der Waals surface area contributed by atoms with Crippen LogP contribution in [-0.2, 0) is 6.18 Å². The zero-order valence-electron chi connectivity index (χ0n) is 15.0. The van der Waals surface area contributed by atoms with E-state index >= 15 is 0 Å². The van der Waals surface area contributed by atoms with Crippen molar-refractivity contribution in [1.82, 2.24) is 15.2 Å². The van der Waals surface area contributed by atoms with Gasteiger partial charge in [-0.15, -0.1) is 0 Å². The number of benzene rings is 2. The molecule has 10 heteroatoms. The standard InChI is InChI=1S/C19H15ClF3N5O/c1-11-16(10-25-26-18(29)12-5-7-14(24)8-6-12)17(20)28(27-11)15-4-2-3-13(9-15)19(21,22)23/h2-10H,24H2,1H3,(H,26,29). The third kappa shape index (κ3) is 4.57. The molecule has 0 unspecified atom stereocenters. The average molecular weight is 422 g/mol. The van der Waals surface area contributed by atoms with Gasteiger partial charge < -0.3 is 5.73 Å². The maximum Gasteiger partial charge on any atom is 0.416 e. The smallest absolute Gasteiger partial charge is 0.399 e. The molecule has 0 saturated heterocycles. The summed E-state index contributed by atoms with van der Waals surface area (Å²) in [4.78, 5) is 12.0. The highest BCUT2D eigenvalue weighted by Crippen LogP contribution is 2.31. The summed E-state index contributed by atoms with van der Waals surface area (Å²) in [5.41, 5.74) is 8.93. The molecular weight excluding hydrogens is 407 g/mol. The average Bonchev–Trinajstić information content (AvgIpc) is 2.96. The third-order valence-corrected chi connectivity index (χ3v) is 4.36. The quantitative estimate of drug-likeness (QED) is 0.376. The lowest BCUT2D eigenvalue weighted by molar-refractivity contribution is -0.137. The summed E-state index contributed by atoms with van der Waals surface area (Å²) in [5, 5.41) is 8.08. The van der Waals surface area contributed by atoms with Gasteiger partial charge in [-0.25, -0.2) is 10.1 Å². The number of rotatable bonds is 4. The van der Waals surface area contributed by atoms with Crippen LogP contribution in [0.4, 0.5) is 18.9 Å². The zero-order valence-corrected chi connectivity index (χ0v) is 15.8. The fourth-order valence-electron chi connectivity index (χ4n) is 2.50. The molecule has 0 aliphatic carbocycles. The highest BCUT2D eigenvalue weighted by atomic mass is 35.5. The Kier molecular flexibility index (Phi) is 5.60. The summed E-state index contributed by atoms with van der Waals surface area (Å²) in [6, 6.07) is 10.9. The Hall–Kier alpha value is -3.33. The number of nitrogen functional groups attached to an aromatic ring is 1. The molecular formula is C19H15ClF3N5O. The molecule has 2 aromatic carbocycles. The van der Waals surface area contributed by atoms with Gasteiger partial charge in [0.15, 0.2) is 0 Å². The number of nitrogens with two attached hydrogens (primary N) is 1. The van der Waals surface area contributed by atoms with Crippen molar-refractivity contribution in [2.45, 2.75) is 13.1 Å². The predicted octanol–water partition coefficient (Wildman–Crippen LogP) is 4.20. The number of amides is 1. The molecule has 0 bridgehead atoms. The van der Waals surface area contributed by atoms with Crippen molar-refractivity contribution in [3.8, 4) is 5.69 Å². The van der Waals surface area contributed by atoms with Gasteiger partial charge in [0.2, 0.25) is 0 Å². The van der Waals surface area contributed by atoms with Crippen molar-refractivity contribution < 1.29 is 18.0 Å². The minimum atomic E-state index is -4.48. The van der Waals surface area contributed by atoms with Gasteiger partial charge in [-0.05, 0) is 49.4 Å². The molecule has 0 atom stereocenters. The van der Waals surface area contributed by atoms with Crippen LogP contribution in [0.25, 0.3) is 5.69 Å². The second-order valence-electron chi connectivity index (χ2n) is 6.07. The molecule has 0 radical (unpaired) electrons. The topological polar surface area (TPSA) is 85.3 Å². The van der Waals surface area contributed by atoms with Gasteiger partial charge in [0, 0.05) is 11.3 Å². The van der Waals surface area contributed by atoms with E-state index < -0.39 is 17.6 Å². The van der Waals surface area contributed by atoms with Crippen LogP contribution in [-0.4, -0.2) is 21.9 Å². The summed E-state index contributed by atoms with van der Waals surface area (Å²) in [7, 11) is 0. The molecule has 150 valence electrons. The molecule has 1 aromatic heterocycles. The Labute approximate surface area is 168 Å². The van der Waals surface area contributed by atoms with Crippen molar-refractivity contribution in [1.29, 1.82) is 0 Å². The molecule has 3 rings (SSSR count). The third-order valence-electron chi connectivity index (χ3n) is 4.00. The Morgan fingerprint density at radius 1 is 1.24 bits per heavy atom. The van der Waals surface area contributed by atoms with Crippen molar-refractivity contribution in [3.05, 3.63) is 76.1 Å². The van der Waals surface area contributed by atoms with Crippen LogP contribution in [0.1, 0.15) is 27.2 Å². The van der Waals surface area contributed by atoms with Gasteiger partial charge >= 0.3 is 6.18 Å². The highest BCUT2D eigenvalue weighted by molar-refractivity contribution is 6.32. The van der Waals surface area contributed by atoms with E-state index in [4.69, 9.17) is 17.3 Å². The normalized spacial score (nSPS) is 11.8. The number of hydrogen-bond donors (Lipinski definition) is 2. The van der Waals surface area contributed by atoms with Crippen LogP contribution in [0.15, 0.2) is 53.6 Å². The van der Waals surface area contributed by atoms with E-state index in [2.05, 4.69) is 15.6 Å². The number of aryl methyl sites for hydroxylation is 1. The van der Waals surface area contributed by atoms with E-state index in [0.717, 1.165) is 12.1 Å². The van der Waals surface area contributed by atoms with Crippen LogP contribution < -0.4 is 11.2 Å². The van der Waals surface area contributed by atoms with Gasteiger partial charge in [-0.1, -0.05) is 17.7 Å². The number of hydrazone groups is 1. The van der Waals surface area contributed by atoms with Crippen molar-refractivity contribution in [2.24, 2.45) is 5.10 Å². The van der Waals surface area contributed by atoms with Crippen LogP contribution in [0, 0.1) is 6.92 Å². The lowest BCUT2D eigenvalue weighted by atomic mass is 10.2. The first kappa shape index (κ1) is 20.4. The molecule has 0 spiro atoms. The Morgan fingerprint density at radius 2 is 1.93 bits per heavy atom. The van der Waals surface area contributed by atoms with Gasteiger partial charge in [0.25, 0.3) is 5.91 Å². The first-order valence-corrected chi connectivity index (χ1v) is 8.66. The van der Waals surface area contributed by atoms with Gasteiger partial charge in [0.05, 0.1) is 28.7 Å². The van der Waals surface area contributed by atoms with E-state index in [1.165, 1.54) is 23.0 Å². The number of hydrogen-bond acceptors (Lipinski definition) is 4. The summed E-state index contributed by atoms with van der Waals surface area (Å²) in [6.07, 6.45) is -3.20. The van der Waals surface area contributed by atoms with Crippen molar-refractivity contribution in [2.75, 3.05) is 5.73 Å². The van der Waals surface area contributed by atoms with E-state index in [-0.39, 0.29) is 10.8 Å². The maximum atomic E-state index is 12.9. The van der Waals surface area contributed by atoms with E-state index in [1.807, 2.05) is 0 Å². The second kappa shape index (κ2) is 7.96. The largest absolute Gasteiger partial charge is 0.416 e. The molecule has 6 nitrogen and oxygen atoms in total. The number of nitrogens with one attached hydrogen (secondary N) is 1. The van der Waals surface area contributed by atoms with Crippen molar-refractivity contribution in [3.63, 3.8) is 0 Å². The monoisotopic (exact) mass is 421 g/mol. The van der Waals surface area contributed by atoms with E-state index in [0.29, 0.717) is 22.5 Å². The number of nitrogens with zero attached hydrogens (tertiary/aromatic N) is 3. The number of carbonyl (C=O) groups excluding carboxylic acids is 1. The first-order valence-electron chi connectivity index (χ1n) is 8.28. The number of carbonyl (C=O) groups is 1.